The zero-order chi connectivity index (χ0) is 15.0. The number of likely N-dealkylation sites (N-methyl/N-ethyl adjacent to an activating group) is 1. The largest absolute Gasteiger partial charge is 0.339 e. The van der Waals surface area contributed by atoms with E-state index in [0.29, 0.717) is 6.54 Å². The lowest BCUT2D eigenvalue weighted by atomic mass is 10.2. The molecule has 0 heterocycles. The number of nitrogens with zero attached hydrogens (tertiary/aromatic N) is 2. The van der Waals surface area contributed by atoms with Crippen LogP contribution in [0, 0.1) is 10.1 Å². The molecular weight excluding hydrogens is 256 g/mol. The SMILES string of the molecule is CCCCN(CC)C(=O)/C=C/c1ccc([N+](=O)[O-])cc1. The number of rotatable bonds is 7. The van der Waals surface area contributed by atoms with Gasteiger partial charge in [-0.2, -0.15) is 0 Å². The monoisotopic (exact) mass is 276 g/mol. The van der Waals surface area contributed by atoms with Crippen LogP contribution in [0.5, 0.6) is 0 Å². The highest BCUT2D eigenvalue weighted by atomic mass is 16.6. The normalized spacial score (nSPS) is 10.7. The van der Waals surface area contributed by atoms with Crippen LogP contribution in [-0.4, -0.2) is 28.8 Å². The van der Waals surface area contributed by atoms with E-state index >= 15 is 0 Å². The molecule has 1 amide bonds. The Bertz CT molecular complexity index is 480. The molecule has 0 saturated carbocycles. The van der Waals surface area contributed by atoms with E-state index in [9.17, 15) is 14.9 Å². The Morgan fingerprint density at radius 2 is 1.95 bits per heavy atom. The lowest BCUT2D eigenvalue weighted by Gasteiger charge is -2.18. The van der Waals surface area contributed by atoms with E-state index in [4.69, 9.17) is 0 Å². The Balaban J connectivity index is 2.66. The summed E-state index contributed by atoms with van der Waals surface area (Å²) in [7, 11) is 0. The molecule has 0 radical (unpaired) electrons. The standard InChI is InChI=1S/C15H20N2O3/c1-3-5-12-16(4-2)15(18)11-8-13-6-9-14(10-7-13)17(19)20/h6-11H,3-5,12H2,1-2H3/b11-8+. The van der Waals surface area contributed by atoms with Crippen LogP contribution < -0.4 is 0 Å². The van der Waals surface area contributed by atoms with Crippen molar-refractivity contribution < 1.29 is 9.72 Å². The molecule has 5 heteroatoms. The van der Waals surface area contributed by atoms with Gasteiger partial charge in [-0.15, -0.1) is 0 Å². The maximum absolute atomic E-state index is 12.0. The number of benzene rings is 1. The predicted molar refractivity (Wildman–Crippen MR) is 79.3 cm³/mol. The van der Waals surface area contributed by atoms with Gasteiger partial charge in [-0.05, 0) is 37.1 Å². The van der Waals surface area contributed by atoms with Gasteiger partial charge in [0.15, 0.2) is 0 Å². The zero-order valence-electron chi connectivity index (χ0n) is 11.9. The molecule has 0 spiro atoms. The fourth-order valence-electron chi connectivity index (χ4n) is 1.75. The molecule has 0 saturated heterocycles. The topological polar surface area (TPSA) is 63.5 Å². The second-order valence-corrected chi connectivity index (χ2v) is 4.45. The lowest BCUT2D eigenvalue weighted by molar-refractivity contribution is -0.384. The molecule has 0 aliphatic carbocycles. The van der Waals surface area contributed by atoms with Crippen molar-refractivity contribution in [1.82, 2.24) is 4.90 Å². The maximum Gasteiger partial charge on any atom is 0.269 e. The number of carbonyl (C=O) groups is 1. The molecule has 0 aromatic heterocycles. The van der Waals surface area contributed by atoms with Crippen molar-refractivity contribution in [2.24, 2.45) is 0 Å². The van der Waals surface area contributed by atoms with Crippen molar-refractivity contribution in [3.63, 3.8) is 0 Å². The van der Waals surface area contributed by atoms with Crippen LogP contribution in [0.25, 0.3) is 6.08 Å². The predicted octanol–water partition coefficient (Wildman–Crippen LogP) is 3.26. The lowest BCUT2D eigenvalue weighted by Crippen LogP contribution is -2.30. The molecule has 0 N–H and O–H groups in total. The van der Waals surface area contributed by atoms with Crippen LogP contribution in [-0.2, 0) is 4.79 Å². The molecular formula is C15H20N2O3. The Labute approximate surface area is 119 Å². The van der Waals surface area contributed by atoms with Gasteiger partial charge in [0.25, 0.3) is 5.69 Å². The number of hydrogen-bond acceptors (Lipinski definition) is 3. The highest BCUT2D eigenvalue weighted by molar-refractivity contribution is 5.91. The quantitative estimate of drug-likeness (QED) is 0.436. The third-order valence-electron chi connectivity index (χ3n) is 3.00. The van der Waals surface area contributed by atoms with E-state index in [2.05, 4.69) is 6.92 Å². The van der Waals surface area contributed by atoms with E-state index < -0.39 is 4.92 Å². The summed E-state index contributed by atoms with van der Waals surface area (Å²) in [5.41, 5.74) is 0.821. The molecule has 0 unspecified atom stereocenters. The third-order valence-corrected chi connectivity index (χ3v) is 3.00. The van der Waals surface area contributed by atoms with Crippen LogP contribution in [0.15, 0.2) is 30.3 Å². The number of unbranched alkanes of at least 4 members (excludes halogenated alkanes) is 1. The number of carbonyl (C=O) groups excluding carboxylic acids is 1. The summed E-state index contributed by atoms with van der Waals surface area (Å²) in [6.07, 6.45) is 5.24. The summed E-state index contributed by atoms with van der Waals surface area (Å²) >= 11 is 0. The van der Waals surface area contributed by atoms with Crippen molar-refractivity contribution >= 4 is 17.7 Å². The van der Waals surface area contributed by atoms with Gasteiger partial charge in [-0.1, -0.05) is 13.3 Å². The van der Waals surface area contributed by atoms with E-state index in [1.807, 2.05) is 6.92 Å². The molecule has 0 fully saturated rings. The molecule has 1 rings (SSSR count). The Kier molecular flexibility index (Phi) is 6.43. The minimum Gasteiger partial charge on any atom is -0.339 e. The van der Waals surface area contributed by atoms with Crippen molar-refractivity contribution in [3.05, 3.63) is 46.0 Å². The maximum atomic E-state index is 12.0. The number of nitro groups is 1. The molecule has 0 aliphatic rings. The van der Waals surface area contributed by atoms with Gasteiger partial charge < -0.3 is 4.90 Å². The molecule has 0 bridgehead atoms. The van der Waals surface area contributed by atoms with Crippen LogP contribution in [0.2, 0.25) is 0 Å². The molecule has 0 aliphatic heterocycles. The Hall–Kier alpha value is -2.17. The summed E-state index contributed by atoms with van der Waals surface area (Å²) in [6, 6.07) is 6.12. The Morgan fingerprint density at radius 3 is 2.45 bits per heavy atom. The summed E-state index contributed by atoms with van der Waals surface area (Å²) in [6.45, 7) is 5.48. The van der Waals surface area contributed by atoms with Gasteiger partial charge in [0.2, 0.25) is 5.91 Å². The van der Waals surface area contributed by atoms with Gasteiger partial charge in [0.1, 0.15) is 0 Å². The second kappa shape index (κ2) is 8.09. The molecule has 108 valence electrons. The molecule has 20 heavy (non-hydrogen) atoms. The van der Waals surface area contributed by atoms with Crippen molar-refractivity contribution in [2.75, 3.05) is 13.1 Å². The summed E-state index contributed by atoms with van der Waals surface area (Å²) in [4.78, 5) is 23.8. The molecule has 1 aromatic rings. The number of non-ortho nitro benzene ring substituents is 1. The van der Waals surface area contributed by atoms with Crippen molar-refractivity contribution in [2.45, 2.75) is 26.7 Å². The van der Waals surface area contributed by atoms with Crippen LogP contribution in [0.3, 0.4) is 0 Å². The highest BCUT2D eigenvalue weighted by Crippen LogP contribution is 2.13. The van der Waals surface area contributed by atoms with Gasteiger partial charge in [0, 0.05) is 31.3 Å². The van der Waals surface area contributed by atoms with Crippen LogP contribution in [0.4, 0.5) is 5.69 Å². The van der Waals surface area contributed by atoms with Gasteiger partial charge in [0.05, 0.1) is 4.92 Å². The highest BCUT2D eigenvalue weighted by Gasteiger charge is 2.07. The second-order valence-electron chi connectivity index (χ2n) is 4.45. The summed E-state index contributed by atoms with van der Waals surface area (Å²) in [5.74, 6) is -0.0284. The average Bonchev–Trinajstić information content (AvgIpc) is 2.46. The van der Waals surface area contributed by atoms with Crippen molar-refractivity contribution in [1.29, 1.82) is 0 Å². The van der Waals surface area contributed by atoms with Crippen LogP contribution in [0.1, 0.15) is 32.3 Å². The van der Waals surface area contributed by atoms with E-state index in [0.717, 1.165) is 24.9 Å². The average molecular weight is 276 g/mol. The minimum atomic E-state index is -0.442. The first-order chi connectivity index (χ1) is 9.58. The number of hydrogen-bond donors (Lipinski definition) is 0. The first-order valence-corrected chi connectivity index (χ1v) is 6.80. The first kappa shape index (κ1) is 15.9. The summed E-state index contributed by atoms with van der Waals surface area (Å²) < 4.78 is 0. The fraction of sp³-hybridized carbons (Fsp3) is 0.400. The van der Waals surface area contributed by atoms with Gasteiger partial charge in [-0.3, -0.25) is 14.9 Å². The van der Waals surface area contributed by atoms with E-state index in [-0.39, 0.29) is 11.6 Å². The van der Waals surface area contributed by atoms with Crippen LogP contribution >= 0.6 is 0 Å². The third kappa shape index (κ3) is 4.84. The zero-order valence-corrected chi connectivity index (χ0v) is 11.9. The summed E-state index contributed by atoms with van der Waals surface area (Å²) in [5, 5.41) is 10.5. The van der Waals surface area contributed by atoms with Crippen molar-refractivity contribution in [3.8, 4) is 0 Å². The smallest absolute Gasteiger partial charge is 0.269 e. The van der Waals surface area contributed by atoms with Gasteiger partial charge >= 0.3 is 0 Å². The van der Waals surface area contributed by atoms with E-state index in [1.54, 1.807) is 23.1 Å². The van der Waals surface area contributed by atoms with E-state index in [1.165, 1.54) is 18.2 Å². The fourth-order valence-corrected chi connectivity index (χ4v) is 1.75. The number of amides is 1. The molecule has 0 atom stereocenters. The molecule has 5 nitrogen and oxygen atoms in total. The first-order valence-electron chi connectivity index (χ1n) is 6.80. The molecule has 1 aromatic carbocycles. The number of nitro benzene ring substituents is 1. The Morgan fingerprint density at radius 1 is 1.30 bits per heavy atom. The van der Waals surface area contributed by atoms with Gasteiger partial charge in [-0.25, -0.2) is 0 Å². The minimum absolute atomic E-state index is 0.0284.